The van der Waals surface area contributed by atoms with Crippen LogP contribution in [0.1, 0.15) is 18.4 Å². The van der Waals surface area contributed by atoms with Crippen LogP contribution in [-0.4, -0.2) is 35.2 Å². The molecule has 1 saturated heterocycles. The normalized spacial score (nSPS) is 18.8. The molecule has 0 aliphatic carbocycles. The molecule has 0 N–H and O–H groups in total. The third-order valence-corrected chi connectivity index (χ3v) is 5.75. The summed E-state index contributed by atoms with van der Waals surface area (Å²) in [6.07, 6.45) is 1.43. The molecule has 3 aromatic rings. The second-order valence-corrected chi connectivity index (χ2v) is 7.07. The molecule has 132 valence electrons. The topological polar surface area (TPSA) is 47.4 Å². The number of ether oxygens (including phenoxy) is 1. The first kappa shape index (κ1) is 15.6. The number of para-hydroxylation sites is 2. The van der Waals surface area contributed by atoms with Gasteiger partial charge in [0, 0.05) is 26.3 Å². The van der Waals surface area contributed by atoms with E-state index in [1.165, 1.54) is 0 Å². The van der Waals surface area contributed by atoms with E-state index in [4.69, 9.17) is 9.72 Å². The molecular formula is C21H21N3O2. The molecule has 3 heterocycles. The Labute approximate surface area is 152 Å². The van der Waals surface area contributed by atoms with Crippen molar-refractivity contribution in [2.45, 2.75) is 24.8 Å². The van der Waals surface area contributed by atoms with E-state index in [0.29, 0.717) is 32.6 Å². The Morgan fingerprint density at radius 2 is 1.69 bits per heavy atom. The van der Waals surface area contributed by atoms with E-state index in [2.05, 4.69) is 22.8 Å². The highest BCUT2D eigenvalue weighted by Gasteiger charge is 2.46. The number of carbonyl (C=O) groups is 1. The minimum atomic E-state index is -0.521. The number of imidazole rings is 1. The summed E-state index contributed by atoms with van der Waals surface area (Å²) in [6.45, 7) is 2.71. The summed E-state index contributed by atoms with van der Waals surface area (Å²) >= 11 is 0. The van der Waals surface area contributed by atoms with Gasteiger partial charge in [-0.1, -0.05) is 42.5 Å². The van der Waals surface area contributed by atoms with Gasteiger partial charge in [0.1, 0.15) is 0 Å². The van der Waals surface area contributed by atoms with Crippen molar-refractivity contribution < 1.29 is 9.53 Å². The fourth-order valence-electron chi connectivity index (χ4n) is 4.34. The molecule has 0 bridgehead atoms. The van der Waals surface area contributed by atoms with Crippen molar-refractivity contribution >= 4 is 22.9 Å². The van der Waals surface area contributed by atoms with Gasteiger partial charge >= 0.3 is 0 Å². The number of anilines is 1. The third kappa shape index (κ3) is 2.20. The lowest BCUT2D eigenvalue weighted by Gasteiger charge is -2.38. The zero-order chi connectivity index (χ0) is 17.6. The Hall–Kier alpha value is -2.66. The summed E-state index contributed by atoms with van der Waals surface area (Å²) in [4.78, 5) is 20.4. The van der Waals surface area contributed by atoms with Crippen LogP contribution in [0.3, 0.4) is 0 Å². The first-order valence-electron chi connectivity index (χ1n) is 9.20. The average molecular weight is 347 g/mol. The lowest BCUT2D eigenvalue weighted by Crippen LogP contribution is -2.49. The van der Waals surface area contributed by atoms with E-state index >= 15 is 0 Å². The van der Waals surface area contributed by atoms with Crippen LogP contribution in [0.4, 0.5) is 5.95 Å². The molecule has 5 heteroatoms. The van der Waals surface area contributed by atoms with E-state index in [-0.39, 0.29) is 5.91 Å². The number of hydrogen-bond donors (Lipinski definition) is 0. The van der Waals surface area contributed by atoms with E-state index in [1.54, 1.807) is 0 Å². The first-order valence-corrected chi connectivity index (χ1v) is 9.20. The Morgan fingerprint density at radius 1 is 0.962 bits per heavy atom. The minimum Gasteiger partial charge on any atom is -0.381 e. The molecule has 0 unspecified atom stereocenters. The van der Waals surface area contributed by atoms with E-state index < -0.39 is 5.41 Å². The lowest BCUT2D eigenvalue weighted by molar-refractivity contribution is -0.127. The van der Waals surface area contributed by atoms with Crippen molar-refractivity contribution in [1.29, 1.82) is 0 Å². The smallest absolute Gasteiger partial charge is 0.240 e. The summed E-state index contributed by atoms with van der Waals surface area (Å²) in [6, 6.07) is 18.2. The molecule has 2 aliphatic heterocycles. The number of carbonyl (C=O) groups excluding carboxylic acids is 1. The summed E-state index contributed by atoms with van der Waals surface area (Å²) in [5.41, 5.74) is 2.61. The predicted molar refractivity (Wildman–Crippen MR) is 100 cm³/mol. The maximum Gasteiger partial charge on any atom is 0.240 e. The molecule has 0 saturated carbocycles. The van der Waals surface area contributed by atoms with Gasteiger partial charge in [0.25, 0.3) is 0 Å². The Kier molecular flexibility index (Phi) is 3.57. The van der Waals surface area contributed by atoms with E-state index in [1.807, 2.05) is 41.3 Å². The summed E-state index contributed by atoms with van der Waals surface area (Å²) in [5.74, 6) is 0.930. The van der Waals surface area contributed by atoms with Crippen molar-refractivity contribution in [3.8, 4) is 0 Å². The van der Waals surface area contributed by atoms with Gasteiger partial charge in [-0.2, -0.15) is 0 Å². The van der Waals surface area contributed by atoms with Crippen molar-refractivity contribution in [3.05, 3.63) is 60.2 Å². The van der Waals surface area contributed by atoms with Crippen molar-refractivity contribution in [1.82, 2.24) is 9.55 Å². The molecule has 2 aromatic carbocycles. The highest BCUT2D eigenvalue weighted by atomic mass is 16.5. The van der Waals surface area contributed by atoms with Crippen LogP contribution in [0.2, 0.25) is 0 Å². The number of amides is 1. The number of fused-ring (bicyclic) bond motifs is 3. The zero-order valence-electron chi connectivity index (χ0n) is 14.6. The maximum absolute atomic E-state index is 13.8. The van der Waals surface area contributed by atoms with Crippen molar-refractivity contribution in [2.75, 3.05) is 24.7 Å². The van der Waals surface area contributed by atoms with Gasteiger partial charge in [-0.05, 0) is 30.5 Å². The van der Waals surface area contributed by atoms with Gasteiger partial charge in [0.05, 0.1) is 16.4 Å². The fourth-order valence-corrected chi connectivity index (χ4v) is 4.34. The zero-order valence-corrected chi connectivity index (χ0v) is 14.6. The quantitative estimate of drug-likeness (QED) is 0.715. The van der Waals surface area contributed by atoms with Crippen LogP contribution >= 0.6 is 0 Å². The summed E-state index contributed by atoms with van der Waals surface area (Å²) in [7, 11) is 0. The van der Waals surface area contributed by atoms with E-state index in [9.17, 15) is 4.79 Å². The second-order valence-electron chi connectivity index (χ2n) is 7.07. The van der Waals surface area contributed by atoms with Gasteiger partial charge < -0.3 is 9.30 Å². The van der Waals surface area contributed by atoms with Crippen LogP contribution in [0, 0.1) is 0 Å². The van der Waals surface area contributed by atoms with Gasteiger partial charge in [0.2, 0.25) is 11.9 Å². The molecule has 2 aliphatic rings. The molecule has 5 rings (SSSR count). The first-order chi connectivity index (χ1) is 12.8. The maximum atomic E-state index is 13.8. The van der Waals surface area contributed by atoms with Crippen molar-refractivity contribution in [3.63, 3.8) is 0 Å². The Morgan fingerprint density at radius 3 is 2.50 bits per heavy atom. The molecule has 1 aromatic heterocycles. The SMILES string of the molecule is O=C(N1CCn2c1nc1ccccc12)C1(c2ccccc2)CCOCC1. The predicted octanol–water partition coefficient (Wildman–Crippen LogP) is 3.13. The largest absolute Gasteiger partial charge is 0.381 e. The van der Waals surface area contributed by atoms with Crippen LogP contribution in [0.15, 0.2) is 54.6 Å². The molecule has 26 heavy (non-hydrogen) atoms. The monoisotopic (exact) mass is 347 g/mol. The molecule has 5 nitrogen and oxygen atoms in total. The van der Waals surface area contributed by atoms with Gasteiger partial charge in [0.15, 0.2) is 0 Å². The van der Waals surface area contributed by atoms with Gasteiger partial charge in [-0.25, -0.2) is 4.98 Å². The number of nitrogens with zero attached hydrogens (tertiary/aromatic N) is 3. The molecule has 1 amide bonds. The van der Waals surface area contributed by atoms with Gasteiger partial charge in [-0.15, -0.1) is 0 Å². The number of aromatic nitrogens is 2. The number of rotatable bonds is 2. The van der Waals surface area contributed by atoms with Crippen LogP contribution in [0.25, 0.3) is 11.0 Å². The Bertz CT molecular complexity index is 958. The summed E-state index contributed by atoms with van der Waals surface area (Å²) in [5, 5.41) is 0. The highest BCUT2D eigenvalue weighted by molar-refractivity contribution is 6.02. The third-order valence-electron chi connectivity index (χ3n) is 5.75. The molecule has 0 atom stereocenters. The lowest BCUT2D eigenvalue weighted by atomic mass is 9.73. The molecule has 0 spiro atoms. The van der Waals surface area contributed by atoms with Crippen LogP contribution in [0.5, 0.6) is 0 Å². The van der Waals surface area contributed by atoms with Gasteiger partial charge in [-0.3, -0.25) is 9.69 Å². The average Bonchev–Trinajstić information content (AvgIpc) is 3.28. The van der Waals surface area contributed by atoms with Crippen LogP contribution < -0.4 is 4.90 Å². The van der Waals surface area contributed by atoms with E-state index in [0.717, 1.165) is 29.1 Å². The number of hydrogen-bond acceptors (Lipinski definition) is 3. The molecular weight excluding hydrogens is 326 g/mol. The van der Waals surface area contributed by atoms with Crippen molar-refractivity contribution in [2.24, 2.45) is 0 Å². The minimum absolute atomic E-state index is 0.154. The fraction of sp³-hybridized carbons (Fsp3) is 0.333. The standard InChI is InChI=1S/C21H21N3O2/c25-19(21(10-14-26-15-11-21)16-6-2-1-3-7-16)24-13-12-23-18-9-5-4-8-17(18)22-20(23)24/h1-9H,10-15H2. The molecule has 0 radical (unpaired) electrons. The number of benzene rings is 2. The highest BCUT2D eigenvalue weighted by Crippen LogP contribution is 2.39. The van der Waals surface area contributed by atoms with Crippen LogP contribution in [-0.2, 0) is 21.5 Å². The summed E-state index contributed by atoms with van der Waals surface area (Å²) < 4.78 is 7.74. The molecule has 1 fully saturated rings. The second kappa shape index (κ2) is 5.95. The Balaban J connectivity index is 1.59.